The Balaban J connectivity index is 4.11. The van der Waals surface area contributed by atoms with Crippen molar-refractivity contribution in [3.8, 4) is 0 Å². The van der Waals surface area contributed by atoms with Gasteiger partial charge in [-0.05, 0) is 109 Å². The summed E-state index contributed by atoms with van der Waals surface area (Å²) in [6.45, 7) is 4.65. The smallest absolute Gasteiger partial charge is 0.306 e. The summed E-state index contributed by atoms with van der Waals surface area (Å²) < 4.78 is 22.8. The van der Waals surface area contributed by atoms with Gasteiger partial charge in [-0.25, -0.2) is 0 Å². The molecule has 0 aromatic rings. The van der Waals surface area contributed by atoms with E-state index in [-0.39, 0.29) is 38.6 Å². The summed E-state index contributed by atoms with van der Waals surface area (Å²) in [5.41, 5.74) is 0. The van der Waals surface area contributed by atoms with Crippen LogP contribution in [0.5, 0.6) is 0 Å². The predicted molar refractivity (Wildman–Crippen MR) is 398 cm³/mol. The number of carbonyl (C=O) groups is 3. The maximum atomic E-state index is 13.0. The van der Waals surface area contributed by atoms with Gasteiger partial charge in [-0.3, -0.25) is 9.59 Å². The van der Waals surface area contributed by atoms with E-state index in [1.54, 1.807) is 0 Å². The Morgan fingerprint density at radius 1 is 0.333 bits per heavy atom. The zero-order valence-electron chi connectivity index (χ0n) is 61.1. The third-order valence-corrected chi connectivity index (χ3v) is 16.7. The number of quaternary nitrogens is 1. The minimum atomic E-state index is -1.63. The number of hydrogen-bond donors (Lipinski definition) is 0. The van der Waals surface area contributed by atoms with Gasteiger partial charge >= 0.3 is 11.9 Å². The van der Waals surface area contributed by atoms with Gasteiger partial charge in [-0.15, -0.1) is 0 Å². The lowest BCUT2D eigenvalue weighted by Gasteiger charge is -2.26. The third-order valence-electron chi connectivity index (χ3n) is 16.7. The number of esters is 2. The fourth-order valence-electron chi connectivity index (χ4n) is 10.8. The van der Waals surface area contributed by atoms with Gasteiger partial charge in [0, 0.05) is 12.8 Å². The maximum Gasteiger partial charge on any atom is 0.306 e. The molecule has 9 heteroatoms. The molecule has 0 aromatic carbocycles. The molecule has 0 aromatic heterocycles. The van der Waals surface area contributed by atoms with Crippen molar-refractivity contribution in [2.24, 2.45) is 0 Å². The zero-order chi connectivity index (χ0) is 67.5. The van der Waals surface area contributed by atoms with Crippen molar-refractivity contribution in [1.29, 1.82) is 0 Å². The molecular weight excluding hydrogens is 1150 g/mol. The topological polar surface area (TPSA) is 111 Å². The molecule has 0 amide bonds. The van der Waals surface area contributed by atoms with Crippen LogP contribution in [0.2, 0.25) is 0 Å². The second-order valence-electron chi connectivity index (χ2n) is 26.9. The van der Waals surface area contributed by atoms with E-state index >= 15 is 0 Å². The van der Waals surface area contributed by atoms with Gasteiger partial charge in [0.2, 0.25) is 0 Å². The van der Waals surface area contributed by atoms with E-state index in [4.69, 9.17) is 18.9 Å². The molecule has 0 aliphatic carbocycles. The van der Waals surface area contributed by atoms with Crippen LogP contribution < -0.4 is 5.11 Å². The van der Waals surface area contributed by atoms with Crippen LogP contribution in [0.1, 0.15) is 335 Å². The van der Waals surface area contributed by atoms with Crippen molar-refractivity contribution in [2.45, 2.75) is 347 Å². The van der Waals surface area contributed by atoms with Crippen molar-refractivity contribution >= 4 is 17.9 Å². The number of allylic oxidation sites excluding steroid dienone is 20. The number of nitrogens with zero attached hydrogens (tertiary/aromatic N) is 1. The highest BCUT2D eigenvalue weighted by molar-refractivity contribution is 5.70. The number of hydrogen-bond acceptors (Lipinski definition) is 8. The number of carboxylic acids is 1. The number of unbranched alkanes of at least 4 members (excludes halogenated alkanes) is 36. The number of carbonyl (C=O) groups excluding carboxylic acids is 3. The predicted octanol–water partition coefficient (Wildman–Crippen LogP) is 23.4. The number of likely N-dealkylation sites (N-methyl/N-ethyl adjacent to an activating group) is 1. The maximum absolute atomic E-state index is 13.0. The molecule has 0 aliphatic rings. The average molecular weight is 1300 g/mol. The van der Waals surface area contributed by atoms with E-state index in [0.29, 0.717) is 17.4 Å². The SMILES string of the molecule is CC/C=C\C/C=C\C/C=C\C/C=C\C/C=C\C/C=C\C/C=C\C/C=C\C/C=C\CCCCCCCCCC(=O)OC(COC(=O)CCCCCCCCCCCCCCCCCCCCCCC/C=C\CCCCCCCCCC)COC(OCC[N+](C)(C)C)C(=O)[O-]. The highest BCUT2D eigenvalue weighted by Crippen LogP contribution is 2.18. The first kappa shape index (κ1) is 88.7. The number of carboxylic acid groups (broad SMARTS) is 1. The molecule has 0 spiro atoms. The second kappa shape index (κ2) is 73.5. The van der Waals surface area contributed by atoms with E-state index < -0.39 is 24.3 Å². The fourth-order valence-corrected chi connectivity index (χ4v) is 10.8. The minimum Gasteiger partial charge on any atom is -0.545 e. The molecule has 0 fully saturated rings. The molecule has 2 atom stereocenters. The monoisotopic (exact) mass is 1300 g/mol. The molecule has 0 bridgehead atoms. The summed E-state index contributed by atoms with van der Waals surface area (Å²) in [5.74, 6) is -2.29. The van der Waals surface area contributed by atoms with Gasteiger partial charge in [-0.2, -0.15) is 0 Å². The number of ether oxygens (including phenoxy) is 4. The highest BCUT2D eigenvalue weighted by Gasteiger charge is 2.22. The molecule has 0 radical (unpaired) electrons. The van der Waals surface area contributed by atoms with Gasteiger partial charge < -0.3 is 33.3 Å². The summed E-state index contributed by atoms with van der Waals surface area (Å²) >= 11 is 0. The van der Waals surface area contributed by atoms with Gasteiger partial charge in [0.25, 0.3) is 0 Å². The average Bonchev–Trinajstić information content (AvgIpc) is 3.74. The lowest BCUT2D eigenvalue weighted by Crippen LogP contribution is -2.44. The molecule has 2 unspecified atom stereocenters. The molecule has 0 aliphatic heterocycles. The van der Waals surface area contributed by atoms with Crippen LogP contribution in [0.15, 0.2) is 122 Å². The minimum absolute atomic E-state index is 0.141. The fraction of sp³-hybridized carbons (Fsp3) is 0.726. The Bertz CT molecular complexity index is 1950. The Hall–Kier alpha value is -4.31. The Kier molecular flexibility index (Phi) is 70.1. The lowest BCUT2D eigenvalue weighted by molar-refractivity contribution is -0.870. The quantitative estimate of drug-likeness (QED) is 0.0195. The summed E-state index contributed by atoms with van der Waals surface area (Å²) in [4.78, 5) is 37.6. The normalized spacial score (nSPS) is 13.3. The standard InChI is InChI=1S/C84H145NO8/c1-6-8-10-12-14-16-18-20-22-24-26-28-30-32-34-36-38-40-41-43-45-47-49-51-53-55-57-59-61-63-65-67-69-71-73-75-82(87)93-80(79-92-84(83(88)89)90-77-76-85(3,4)5)78-91-81(86)74-72-70-68-66-64-62-60-58-56-54-52-50-48-46-44-42-39-37-35-33-31-29-27-25-23-21-19-17-15-13-11-9-7-2/h8,10,14,16,20,22,25-28,32,34,38,40,43,45,49,51,55,57,80,84H,6-7,9,11-13,15,17-19,21,23-24,29-31,33,35-37,39,41-42,44,46-48,50,52-54,56,58-79H2,1-5H3/b10-8-,16-14-,22-20-,27-25-,28-26-,34-32-,40-38-,45-43-,51-49-,57-55-. The summed E-state index contributed by atoms with van der Waals surface area (Å²) in [6, 6.07) is 0. The first-order valence-electron chi connectivity index (χ1n) is 38.7. The van der Waals surface area contributed by atoms with E-state index in [9.17, 15) is 19.5 Å². The van der Waals surface area contributed by atoms with Gasteiger partial charge in [0.1, 0.15) is 13.2 Å². The molecule has 0 N–H and O–H groups in total. The molecule has 0 saturated heterocycles. The summed E-state index contributed by atoms with van der Waals surface area (Å²) in [7, 11) is 5.93. The van der Waals surface area contributed by atoms with Gasteiger partial charge in [0.15, 0.2) is 12.4 Å². The Morgan fingerprint density at radius 2 is 0.613 bits per heavy atom. The van der Waals surface area contributed by atoms with Crippen molar-refractivity contribution in [2.75, 3.05) is 47.5 Å². The van der Waals surface area contributed by atoms with Crippen molar-refractivity contribution in [3.63, 3.8) is 0 Å². The van der Waals surface area contributed by atoms with Crippen LogP contribution in [-0.4, -0.2) is 82.3 Å². The van der Waals surface area contributed by atoms with Crippen LogP contribution in [-0.2, 0) is 33.3 Å². The lowest BCUT2D eigenvalue weighted by atomic mass is 10.0. The third kappa shape index (κ3) is 74.9. The first-order valence-corrected chi connectivity index (χ1v) is 38.7. The Labute approximate surface area is 574 Å². The van der Waals surface area contributed by atoms with Crippen LogP contribution in [0.4, 0.5) is 0 Å². The Morgan fingerprint density at radius 3 is 0.925 bits per heavy atom. The van der Waals surface area contributed by atoms with E-state index in [2.05, 4.69) is 135 Å². The largest absolute Gasteiger partial charge is 0.545 e. The number of aliphatic carboxylic acids is 1. The van der Waals surface area contributed by atoms with Crippen LogP contribution in [0, 0.1) is 0 Å². The number of rotatable bonds is 71. The molecule has 534 valence electrons. The van der Waals surface area contributed by atoms with Crippen LogP contribution in [0.25, 0.3) is 0 Å². The summed E-state index contributed by atoms with van der Waals surface area (Å²) in [5, 5.41) is 11.9. The first-order chi connectivity index (χ1) is 45.6. The van der Waals surface area contributed by atoms with E-state index in [1.807, 2.05) is 21.1 Å². The molecule has 0 heterocycles. The molecule has 0 saturated carbocycles. The van der Waals surface area contributed by atoms with Crippen molar-refractivity contribution < 1.29 is 42.9 Å². The molecular formula is C84H145NO8. The van der Waals surface area contributed by atoms with Crippen molar-refractivity contribution in [1.82, 2.24) is 0 Å². The van der Waals surface area contributed by atoms with Crippen LogP contribution in [0.3, 0.4) is 0 Å². The second-order valence-corrected chi connectivity index (χ2v) is 26.9. The zero-order valence-corrected chi connectivity index (χ0v) is 61.1. The molecule has 93 heavy (non-hydrogen) atoms. The summed E-state index contributed by atoms with van der Waals surface area (Å²) in [6.07, 6.45) is 102. The molecule has 0 rings (SSSR count). The van der Waals surface area contributed by atoms with E-state index in [0.717, 1.165) is 103 Å². The molecule has 9 nitrogen and oxygen atoms in total. The van der Waals surface area contributed by atoms with Crippen molar-refractivity contribution in [3.05, 3.63) is 122 Å². The highest BCUT2D eigenvalue weighted by atomic mass is 16.7. The van der Waals surface area contributed by atoms with E-state index in [1.165, 1.54) is 199 Å². The van der Waals surface area contributed by atoms with Crippen LogP contribution >= 0.6 is 0 Å². The van der Waals surface area contributed by atoms with Gasteiger partial charge in [0.05, 0.1) is 40.3 Å². The van der Waals surface area contributed by atoms with Gasteiger partial charge in [-0.1, -0.05) is 334 Å².